The minimum absolute atomic E-state index is 0.188. The first-order valence-electron chi connectivity index (χ1n) is 23.8. The fraction of sp³-hybridized carbons (Fsp3) is 1.00. The number of hydrogen-bond acceptors (Lipinski definition) is 6. The maximum absolute atomic E-state index is 10.7. The van der Waals surface area contributed by atoms with Crippen molar-refractivity contribution in [3.63, 3.8) is 0 Å². The minimum atomic E-state index is -0.188. The van der Waals surface area contributed by atoms with E-state index in [1.54, 1.807) is 0 Å². The zero-order valence-corrected chi connectivity index (χ0v) is 35.8. The van der Waals surface area contributed by atoms with E-state index in [1.165, 1.54) is 193 Å². The Morgan fingerprint density at radius 1 is 0.327 bits per heavy atom. The van der Waals surface area contributed by atoms with Gasteiger partial charge in [-0.1, -0.05) is 194 Å². The van der Waals surface area contributed by atoms with Gasteiger partial charge in [-0.15, -0.1) is 0 Å². The lowest BCUT2D eigenvalue weighted by Crippen LogP contribution is -2.35. The molecular formula is C46H98N4O2. The first-order chi connectivity index (χ1) is 25.6. The predicted octanol–water partition coefficient (Wildman–Crippen LogP) is 11.5. The van der Waals surface area contributed by atoms with Gasteiger partial charge >= 0.3 is 0 Å². The van der Waals surface area contributed by atoms with E-state index in [1.807, 2.05) is 0 Å². The van der Waals surface area contributed by atoms with Gasteiger partial charge in [-0.25, -0.2) is 0 Å². The lowest BCUT2D eigenvalue weighted by molar-refractivity contribution is 0.101. The van der Waals surface area contributed by atoms with Crippen molar-refractivity contribution in [2.45, 2.75) is 244 Å². The summed E-state index contributed by atoms with van der Waals surface area (Å²) in [4.78, 5) is 4.95. The largest absolute Gasteiger partial charge is 0.392 e. The molecule has 0 aliphatic carbocycles. The molecule has 0 aromatic carbocycles. The molecule has 6 heteroatoms. The molecule has 0 rings (SSSR count). The fourth-order valence-electron chi connectivity index (χ4n) is 7.82. The van der Waals surface area contributed by atoms with Gasteiger partial charge in [0.1, 0.15) is 0 Å². The zero-order valence-electron chi connectivity index (χ0n) is 35.8. The smallest absolute Gasteiger partial charge is 0.0667 e. The molecule has 0 aliphatic heterocycles. The van der Waals surface area contributed by atoms with Crippen LogP contribution in [0.3, 0.4) is 0 Å². The van der Waals surface area contributed by atoms with Gasteiger partial charge in [0.15, 0.2) is 0 Å². The molecule has 0 aromatic rings. The molecule has 314 valence electrons. The maximum atomic E-state index is 10.7. The zero-order chi connectivity index (χ0) is 38.0. The Balaban J connectivity index is 3.85. The van der Waals surface area contributed by atoms with Crippen molar-refractivity contribution in [2.24, 2.45) is 11.5 Å². The number of aliphatic hydroxyl groups excluding tert-OH is 2. The molecule has 6 nitrogen and oxygen atoms in total. The average molecular weight is 739 g/mol. The Hall–Kier alpha value is -0.240. The molecule has 0 saturated heterocycles. The Morgan fingerprint density at radius 2 is 0.558 bits per heavy atom. The number of rotatable bonds is 45. The summed E-state index contributed by atoms with van der Waals surface area (Å²) < 4.78 is 0. The van der Waals surface area contributed by atoms with E-state index in [0.29, 0.717) is 0 Å². The number of unbranched alkanes of at least 4 members (excludes halogenated alkanes) is 27. The van der Waals surface area contributed by atoms with Crippen LogP contribution in [-0.2, 0) is 0 Å². The third-order valence-corrected chi connectivity index (χ3v) is 11.3. The second kappa shape index (κ2) is 43.5. The summed E-state index contributed by atoms with van der Waals surface area (Å²) in [5.41, 5.74) is 11.6. The fourth-order valence-corrected chi connectivity index (χ4v) is 7.82. The Labute approximate surface area is 327 Å². The van der Waals surface area contributed by atoms with Crippen LogP contribution in [-0.4, -0.2) is 84.6 Å². The van der Waals surface area contributed by atoms with E-state index in [-0.39, 0.29) is 12.2 Å². The molecule has 6 N–H and O–H groups in total. The molecule has 0 amide bonds. The molecule has 52 heavy (non-hydrogen) atoms. The Kier molecular flexibility index (Phi) is 43.3. The third kappa shape index (κ3) is 39.5. The molecule has 0 saturated carbocycles. The minimum Gasteiger partial charge on any atom is -0.392 e. The molecule has 0 fully saturated rings. The third-order valence-electron chi connectivity index (χ3n) is 11.3. The highest BCUT2D eigenvalue weighted by Gasteiger charge is 2.13. The van der Waals surface area contributed by atoms with Gasteiger partial charge in [-0.05, 0) is 77.8 Å². The van der Waals surface area contributed by atoms with Crippen LogP contribution >= 0.6 is 0 Å². The van der Waals surface area contributed by atoms with Crippen molar-refractivity contribution in [3.05, 3.63) is 0 Å². The standard InChI is InChI=1S/C46H98N4O2/c1-3-5-7-9-11-13-17-21-25-29-35-45(51)43-49(41-33-37-47)39-31-27-23-19-15-16-20-24-28-32-40-50(42-34-38-48)44-46(52)36-30-26-22-18-14-12-10-8-6-4-2/h45-46,51-52H,3-44,47-48H2,1-2H3. The molecule has 0 aromatic heterocycles. The van der Waals surface area contributed by atoms with E-state index in [0.717, 1.165) is 78.0 Å². The van der Waals surface area contributed by atoms with Gasteiger partial charge in [0.05, 0.1) is 12.2 Å². The lowest BCUT2D eigenvalue weighted by atomic mass is 10.0. The van der Waals surface area contributed by atoms with Crippen LogP contribution in [0, 0.1) is 0 Å². The van der Waals surface area contributed by atoms with Gasteiger partial charge in [0, 0.05) is 13.1 Å². The molecule has 2 unspecified atom stereocenters. The summed E-state index contributed by atoms with van der Waals surface area (Å²) in [5, 5.41) is 21.4. The normalized spacial score (nSPS) is 13.2. The molecular weight excluding hydrogens is 641 g/mol. The quantitative estimate of drug-likeness (QED) is 0.0464. The van der Waals surface area contributed by atoms with Crippen LogP contribution in [0.5, 0.6) is 0 Å². The van der Waals surface area contributed by atoms with Crippen LogP contribution < -0.4 is 11.5 Å². The SMILES string of the molecule is CCCCCCCCCCCCC(O)CN(CCCN)CCCCCCCCCCCCN(CCCN)CC(O)CCCCCCCCCCCC. The highest BCUT2D eigenvalue weighted by atomic mass is 16.3. The Morgan fingerprint density at radius 3 is 0.827 bits per heavy atom. The van der Waals surface area contributed by atoms with Crippen molar-refractivity contribution in [1.82, 2.24) is 9.80 Å². The lowest BCUT2D eigenvalue weighted by Gasteiger charge is -2.25. The summed E-state index contributed by atoms with van der Waals surface area (Å²) in [7, 11) is 0. The summed E-state index contributed by atoms with van der Waals surface area (Å²) >= 11 is 0. The maximum Gasteiger partial charge on any atom is 0.0667 e. The highest BCUT2D eigenvalue weighted by Crippen LogP contribution is 2.16. The highest BCUT2D eigenvalue weighted by molar-refractivity contribution is 4.68. The molecule has 2 atom stereocenters. The van der Waals surface area contributed by atoms with E-state index < -0.39 is 0 Å². The molecule has 0 bridgehead atoms. The molecule has 0 heterocycles. The van der Waals surface area contributed by atoms with Crippen LogP contribution in [0.15, 0.2) is 0 Å². The molecule has 0 spiro atoms. The van der Waals surface area contributed by atoms with Crippen LogP contribution in [0.2, 0.25) is 0 Å². The number of aliphatic hydroxyl groups is 2. The van der Waals surface area contributed by atoms with Crippen molar-refractivity contribution >= 4 is 0 Å². The topological polar surface area (TPSA) is 99.0 Å². The van der Waals surface area contributed by atoms with Gasteiger partial charge in [-0.2, -0.15) is 0 Å². The van der Waals surface area contributed by atoms with Crippen molar-refractivity contribution < 1.29 is 10.2 Å². The van der Waals surface area contributed by atoms with Crippen molar-refractivity contribution in [1.29, 1.82) is 0 Å². The van der Waals surface area contributed by atoms with E-state index in [9.17, 15) is 10.2 Å². The van der Waals surface area contributed by atoms with Crippen LogP contribution in [0.1, 0.15) is 232 Å². The van der Waals surface area contributed by atoms with Gasteiger partial charge in [0.25, 0.3) is 0 Å². The number of nitrogens with two attached hydrogens (primary N) is 2. The molecule has 0 radical (unpaired) electrons. The van der Waals surface area contributed by atoms with Crippen LogP contribution in [0.4, 0.5) is 0 Å². The Bertz CT molecular complexity index is 600. The van der Waals surface area contributed by atoms with Gasteiger partial charge in [0.2, 0.25) is 0 Å². The summed E-state index contributed by atoms with van der Waals surface area (Å²) in [6.07, 6.45) is 43.7. The van der Waals surface area contributed by atoms with Gasteiger partial charge < -0.3 is 31.5 Å². The average Bonchev–Trinajstić information content (AvgIpc) is 3.14. The first kappa shape index (κ1) is 51.8. The van der Waals surface area contributed by atoms with Gasteiger partial charge in [-0.3, -0.25) is 0 Å². The second-order valence-electron chi connectivity index (χ2n) is 16.7. The number of nitrogens with zero attached hydrogens (tertiary/aromatic N) is 2. The summed E-state index contributed by atoms with van der Waals surface area (Å²) in [5.74, 6) is 0. The number of hydrogen-bond donors (Lipinski definition) is 4. The molecule has 0 aliphatic rings. The van der Waals surface area contributed by atoms with E-state index in [2.05, 4.69) is 23.6 Å². The monoisotopic (exact) mass is 739 g/mol. The van der Waals surface area contributed by atoms with E-state index >= 15 is 0 Å². The summed E-state index contributed by atoms with van der Waals surface area (Å²) in [6.45, 7) is 11.9. The van der Waals surface area contributed by atoms with E-state index in [4.69, 9.17) is 11.5 Å². The van der Waals surface area contributed by atoms with Crippen molar-refractivity contribution in [2.75, 3.05) is 52.4 Å². The predicted molar refractivity (Wildman–Crippen MR) is 231 cm³/mol. The van der Waals surface area contributed by atoms with Crippen molar-refractivity contribution in [3.8, 4) is 0 Å². The van der Waals surface area contributed by atoms with Crippen LogP contribution in [0.25, 0.3) is 0 Å². The second-order valence-corrected chi connectivity index (χ2v) is 16.7. The summed E-state index contributed by atoms with van der Waals surface area (Å²) in [6, 6.07) is 0. The first-order valence-corrected chi connectivity index (χ1v) is 23.8.